The first-order valence-corrected chi connectivity index (χ1v) is 5.73. The van der Waals surface area contributed by atoms with E-state index < -0.39 is 6.04 Å². The third-order valence-electron chi connectivity index (χ3n) is 2.77. The van der Waals surface area contributed by atoms with Crippen molar-refractivity contribution in [2.24, 2.45) is 5.73 Å². The van der Waals surface area contributed by atoms with Crippen LogP contribution in [-0.4, -0.2) is 28.4 Å². The average molecular weight is 247 g/mol. The summed E-state index contributed by atoms with van der Waals surface area (Å²) >= 11 is 0. The van der Waals surface area contributed by atoms with Gasteiger partial charge >= 0.3 is 0 Å². The second-order valence-electron chi connectivity index (χ2n) is 4.08. The zero-order valence-corrected chi connectivity index (χ0v) is 10.3. The van der Waals surface area contributed by atoms with Gasteiger partial charge in [-0.25, -0.2) is 4.98 Å². The summed E-state index contributed by atoms with van der Waals surface area (Å²) in [6.07, 6.45) is 3.36. The largest absolute Gasteiger partial charge is 0.394 e. The number of aromatic nitrogens is 2. The maximum atomic E-state index is 9.11. The van der Waals surface area contributed by atoms with Gasteiger partial charge in [-0.05, 0) is 17.7 Å². The Morgan fingerprint density at radius 3 is 2.72 bits per heavy atom. The number of rotatable bonds is 5. The Morgan fingerprint density at radius 2 is 2.11 bits per heavy atom. The molecule has 0 bridgehead atoms. The van der Waals surface area contributed by atoms with Crippen molar-refractivity contribution in [1.82, 2.24) is 9.55 Å². The predicted molar refractivity (Wildman–Crippen MR) is 68.3 cm³/mol. The van der Waals surface area contributed by atoms with Crippen LogP contribution in [0, 0.1) is 0 Å². The Hall–Kier alpha value is -1.69. The van der Waals surface area contributed by atoms with Crippen molar-refractivity contribution >= 4 is 0 Å². The first-order valence-electron chi connectivity index (χ1n) is 5.73. The summed E-state index contributed by atoms with van der Waals surface area (Å²) in [5, 5.41) is 9.11. The van der Waals surface area contributed by atoms with Crippen molar-refractivity contribution in [2.75, 3.05) is 13.7 Å². The summed E-state index contributed by atoms with van der Waals surface area (Å²) in [4.78, 5) is 4.07. The molecule has 1 atom stereocenters. The van der Waals surface area contributed by atoms with E-state index in [1.807, 2.05) is 28.8 Å². The van der Waals surface area contributed by atoms with Gasteiger partial charge in [0.15, 0.2) is 0 Å². The van der Waals surface area contributed by atoms with Gasteiger partial charge in [0.05, 0.1) is 37.5 Å². The number of nitrogens with zero attached hydrogens (tertiary/aromatic N) is 2. The minimum absolute atomic E-state index is 0.104. The van der Waals surface area contributed by atoms with Crippen molar-refractivity contribution in [2.45, 2.75) is 12.6 Å². The molecule has 0 aliphatic rings. The molecule has 0 spiro atoms. The van der Waals surface area contributed by atoms with E-state index in [9.17, 15) is 0 Å². The minimum atomic E-state index is -0.425. The quantitative estimate of drug-likeness (QED) is 0.827. The maximum absolute atomic E-state index is 9.11. The van der Waals surface area contributed by atoms with Crippen LogP contribution in [0.15, 0.2) is 36.8 Å². The summed E-state index contributed by atoms with van der Waals surface area (Å²) in [6.45, 7) is 0.487. The third-order valence-corrected chi connectivity index (χ3v) is 2.77. The molecule has 1 aromatic heterocycles. The van der Waals surface area contributed by atoms with Crippen LogP contribution in [0.5, 0.6) is 0 Å². The van der Waals surface area contributed by atoms with E-state index in [2.05, 4.69) is 4.98 Å². The lowest BCUT2D eigenvalue weighted by atomic mass is 10.2. The lowest BCUT2D eigenvalue weighted by molar-refractivity contribution is 0.185. The Bertz CT molecular complexity index is 493. The van der Waals surface area contributed by atoms with Crippen molar-refractivity contribution in [3.8, 4) is 5.69 Å². The van der Waals surface area contributed by atoms with Crippen LogP contribution in [0.1, 0.15) is 17.3 Å². The summed E-state index contributed by atoms with van der Waals surface area (Å²) in [7, 11) is 1.67. The number of aliphatic hydroxyl groups is 1. The van der Waals surface area contributed by atoms with Crippen LogP contribution in [0.3, 0.4) is 0 Å². The van der Waals surface area contributed by atoms with E-state index in [4.69, 9.17) is 15.6 Å². The van der Waals surface area contributed by atoms with E-state index in [1.54, 1.807) is 19.6 Å². The van der Waals surface area contributed by atoms with Gasteiger partial charge in [0, 0.05) is 12.8 Å². The fourth-order valence-corrected chi connectivity index (χ4v) is 1.81. The topological polar surface area (TPSA) is 73.3 Å². The van der Waals surface area contributed by atoms with Crippen LogP contribution >= 0.6 is 0 Å². The van der Waals surface area contributed by atoms with Crippen molar-refractivity contribution in [1.29, 1.82) is 0 Å². The third kappa shape index (κ3) is 2.59. The summed E-state index contributed by atoms with van der Waals surface area (Å²) in [6, 6.07) is 7.51. The summed E-state index contributed by atoms with van der Waals surface area (Å²) < 4.78 is 6.94. The number of aliphatic hydroxyl groups excluding tert-OH is 1. The van der Waals surface area contributed by atoms with Crippen LogP contribution < -0.4 is 5.73 Å². The number of hydrogen-bond donors (Lipinski definition) is 2. The Balaban J connectivity index is 2.28. The highest BCUT2D eigenvalue weighted by Gasteiger charge is 2.11. The van der Waals surface area contributed by atoms with E-state index in [0.29, 0.717) is 6.61 Å². The van der Waals surface area contributed by atoms with Gasteiger partial charge in [0.1, 0.15) is 0 Å². The Labute approximate surface area is 106 Å². The van der Waals surface area contributed by atoms with Gasteiger partial charge in [-0.3, -0.25) is 0 Å². The Kier molecular flexibility index (Phi) is 4.09. The molecule has 3 N–H and O–H groups in total. The molecule has 0 aliphatic carbocycles. The molecule has 0 fully saturated rings. The van der Waals surface area contributed by atoms with Gasteiger partial charge in [-0.1, -0.05) is 12.1 Å². The molecular weight excluding hydrogens is 230 g/mol. The molecule has 18 heavy (non-hydrogen) atoms. The maximum Gasteiger partial charge on any atom is 0.0994 e. The van der Waals surface area contributed by atoms with Gasteiger partial charge < -0.3 is 20.1 Å². The second-order valence-corrected chi connectivity index (χ2v) is 4.08. The van der Waals surface area contributed by atoms with E-state index >= 15 is 0 Å². The zero-order valence-electron chi connectivity index (χ0n) is 10.3. The van der Waals surface area contributed by atoms with E-state index in [-0.39, 0.29) is 6.61 Å². The molecule has 5 nitrogen and oxygen atoms in total. The number of ether oxygens (including phenoxy) is 1. The van der Waals surface area contributed by atoms with Gasteiger partial charge in [0.25, 0.3) is 0 Å². The van der Waals surface area contributed by atoms with Gasteiger partial charge in [0.2, 0.25) is 0 Å². The summed E-state index contributed by atoms with van der Waals surface area (Å²) in [5.41, 5.74) is 8.68. The molecular formula is C13H17N3O2. The number of benzene rings is 1. The zero-order chi connectivity index (χ0) is 13.0. The van der Waals surface area contributed by atoms with Crippen LogP contribution in [0.25, 0.3) is 5.69 Å². The van der Waals surface area contributed by atoms with Gasteiger partial charge in [-0.15, -0.1) is 0 Å². The average Bonchev–Trinajstić information content (AvgIpc) is 2.88. The first kappa shape index (κ1) is 12.8. The molecule has 0 saturated carbocycles. The second kappa shape index (κ2) is 5.77. The Morgan fingerprint density at radius 1 is 1.39 bits per heavy atom. The molecule has 1 heterocycles. The number of nitrogens with two attached hydrogens (primary N) is 1. The molecule has 96 valence electrons. The van der Waals surface area contributed by atoms with E-state index in [1.165, 1.54) is 0 Å². The lowest BCUT2D eigenvalue weighted by Gasteiger charge is -2.12. The molecule has 0 radical (unpaired) electrons. The normalized spacial score (nSPS) is 12.6. The number of imidazole rings is 1. The predicted octanol–water partition coefficient (Wildman–Crippen LogP) is 1.01. The molecule has 5 heteroatoms. The van der Waals surface area contributed by atoms with Crippen molar-refractivity contribution in [3.63, 3.8) is 0 Å². The fourth-order valence-electron chi connectivity index (χ4n) is 1.81. The minimum Gasteiger partial charge on any atom is -0.394 e. The molecule has 1 unspecified atom stereocenters. The number of hydrogen-bond acceptors (Lipinski definition) is 4. The highest BCUT2D eigenvalue weighted by atomic mass is 16.5. The lowest BCUT2D eigenvalue weighted by Crippen LogP contribution is -2.18. The highest BCUT2D eigenvalue weighted by molar-refractivity contribution is 5.36. The molecule has 1 aromatic carbocycles. The first-order chi connectivity index (χ1) is 8.76. The molecule has 2 aromatic rings. The van der Waals surface area contributed by atoms with Crippen molar-refractivity contribution < 1.29 is 9.84 Å². The van der Waals surface area contributed by atoms with Crippen LogP contribution in [0.4, 0.5) is 0 Å². The highest BCUT2D eigenvalue weighted by Crippen LogP contribution is 2.16. The molecule has 0 amide bonds. The standard InChI is InChI=1S/C13H17N3O2/c1-18-8-10-2-4-11(5-3-10)16-9-15-6-13(16)12(14)7-17/h2-6,9,12,17H,7-8,14H2,1H3. The smallest absolute Gasteiger partial charge is 0.0994 e. The van der Waals surface area contributed by atoms with Crippen LogP contribution in [0.2, 0.25) is 0 Å². The molecule has 0 saturated heterocycles. The number of methoxy groups -OCH3 is 1. The summed E-state index contributed by atoms with van der Waals surface area (Å²) in [5.74, 6) is 0. The SMILES string of the molecule is COCc1ccc(-n2cncc2C(N)CO)cc1. The van der Waals surface area contributed by atoms with Crippen molar-refractivity contribution in [3.05, 3.63) is 48.0 Å². The van der Waals surface area contributed by atoms with Crippen LogP contribution in [-0.2, 0) is 11.3 Å². The molecule has 0 aliphatic heterocycles. The monoisotopic (exact) mass is 247 g/mol. The van der Waals surface area contributed by atoms with E-state index in [0.717, 1.165) is 16.9 Å². The molecule has 2 rings (SSSR count). The van der Waals surface area contributed by atoms with Gasteiger partial charge in [-0.2, -0.15) is 0 Å². The fraction of sp³-hybridized carbons (Fsp3) is 0.308.